The first-order valence-electron chi connectivity index (χ1n) is 8.51. The summed E-state index contributed by atoms with van der Waals surface area (Å²) in [6.45, 7) is 7.91. The molecule has 0 spiro atoms. The maximum atomic E-state index is 12.4. The van der Waals surface area contributed by atoms with Gasteiger partial charge >= 0.3 is 0 Å². The number of likely N-dealkylation sites (tertiary alicyclic amines) is 1. The van der Waals surface area contributed by atoms with E-state index in [0.29, 0.717) is 0 Å². The number of nitrogens with one attached hydrogen (secondary N) is 1. The van der Waals surface area contributed by atoms with E-state index in [4.69, 9.17) is 5.73 Å². The highest BCUT2D eigenvalue weighted by atomic mass is 16.2. The van der Waals surface area contributed by atoms with Crippen LogP contribution in [0.5, 0.6) is 0 Å². The van der Waals surface area contributed by atoms with Gasteiger partial charge in [-0.05, 0) is 47.1 Å². The Labute approximate surface area is 143 Å². The molecule has 1 fully saturated rings. The fourth-order valence-electron chi connectivity index (χ4n) is 3.10. The number of nitrogens with two attached hydrogens (primary N) is 1. The molecule has 1 saturated heterocycles. The maximum Gasteiger partial charge on any atom is 0.237 e. The lowest BCUT2D eigenvalue weighted by atomic mass is 9.92. The molecule has 1 aliphatic heterocycles. The number of hydrogen-bond acceptors (Lipinski definition) is 5. The highest BCUT2D eigenvalue weighted by molar-refractivity contribution is 5.94. The largest absolute Gasteiger partial charge is 0.370 e. The minimum Gasteiger partial charge on any atom is -0.370 e. The molecule has 0 aromatic rings. The van der Waals surface area contributed by atoms with Crippen LogP contribution < -0.4 is 11.1 Å². The lowest BCUT2D eigenvalue weighted by molar-refractivity contribution is -0.133. The van der Waals surface area contributed by atoms with Crippen molar-refractivity contribution in [1.82, 2.24) is 10.2 Å². The number of nitrogens with zero attached hydrogens (tertiary/aromatic N) is 1. The summed E-state index contributed by atoms with van der Waals surface area (Å²) in [5, 5.41) is 2.75. The zero-order valence-electron chi connectivity index (χ0n) is 15.0. The summed E-state index contributed by atoms with van der Waals surface area (Å²) < 4.78 is 0. The number of carbonyl (C=O) groups excluding carboxylic acids is 4. The summed E-state index contributed by atoms with van der Waals surface area (Å²) in [7, 11) is 0. The number of hydrogen-bond donors (Lipinski definition) is 2. The zero-order chi connectivity index (χ0) is 18.4. The van der Waals surface area contributed by atoms with Crippen molar-refractivity contribution >= 4 is 23.4 Å². The third kappa shape index (κ3) is 5.70. The van der Waals surface area contributed by atoms with Gasteiger partial charge in [0.25, 0.3) is 0 Å². The first-order valence-corrected chi connectivity index (χ1v) is 8.51. The van der Waals surface area contributed by atoms with Crippen LogP contribution in [0.25, 0.3) is 0 Å². The van der Waals surface area contributed by atoms with Crippen molar-refractivity contribution in [3.05, 3.63) is 0 Å². The van der Waals surface area contributed by atoms with Gasteiger partial charge < -0.3 is 11.1 Å². The van der Waals surface area contributed by atoms with Crippen LogP contribution in [0.2, 0.25) is 0 Å². The first-order chi connectivity index (χ1) is 11.1. The second kappa shape index (κ2) is 8.92. The van der Waals surface area contributed by atoms with Gasteiger partial charge in [0.05, 0.1) is 12.1 Å². The lowest BCUT2D eigenvalue weighted by Gasteiger charge is -2.28. The van der Waals surface area contributed by atoms with Crippen LogP contribution in [0.3, 0.4) is 0 Å². The highest BCUT2D eigenvalue weighted by Gasteiger charge is 2.33. The van der Waals surface area contributed by atoms with Crippen molar-refractivity contribution in [2.45, 2.75) is 71.5 Å². The van der Waals surface area contributed by atoms with E-state index in [9.17, 15) is 19.2 Å². The van der Waals surface area contributed by atoms with Gasteiger partial charge in [-0.25, -0.2) is 0 Å². The molecule has 136 valence electrons. The summed E-state index contributed by atoms with van der Waals surface area (Å²) in [5.41, 5.74) is 5.11. The third-order valence-corrected chi connectivity index (χ3v) is 4.57. The number of primary amides is 1. The Kier molecular flexibility index (Phi) is 7.54. The molecular weight excluding hydrogens is 310 g/mol. The Hall–Kier alpha value is -1.76. The molecule has 0 aromatic carbocycles. The van der Waals surface area contributed by atoms with E-state index in [1.54, 1.807) is 6.92 Å². The van der Waals surface area contributed by atoms with Crippen molar-refractivity contribution in [2.24, 2.45) is 11.7 Å². The van der Waals surface area contributed by atoms with Crippen molar-refractivity contribution in [1.29, 1.82) is 0 Å². The van der Waals surface area contributed by atoms with E-state index in [2.05, 4.69) is 10.2 Å². The summed E-state index contributed by atoms with van der Waals surface area (Å²) in [6, 6.07) is -0.636. The van der Waals surface area contributed by atoms with Gasteiger partial charge in [0.2, 0.25) is 11.8 Å². The average molecular weight is 339 g/mol. The van der Waals surface area contributed by atoms with Gasteiger partial charge in [-0.3, -0.25) is 24.1 Å². The summed E-state index contributed by atoms with van der Waals surface area (Å²) in [6.07, 6.45) is 1.51. The molecule has 0 aromatic heterocycles. The Morgan fingerprint density at radius 3 is 2.29 bits per heavy atom. The number of Topliss-reactive ketones (excluding diaryl/α,β-unsaturated/α-hetero) is 2. The molecule has 0 unspecified atom stereocenters. The smallest absolute Gasteiger partial charge is 0.237 e. The van der Waals surface area contributed by atoms with Crippen molar-refractivity contribution in [3.63, 3.8) is 0 Å². The van der Waals surface area contributed by atoms with Gasteiger partial charge in [0.15, 0.2) is 5.78 Å². The predicted molar refractivity (Wildman–Crippen MR) is 90.1 cm³/mol. The minimum absolute atomic E-state index is 0.0850. The monoisotopic (exact) mass is 339 g/mol. The van der Waals surface area contributed by atoms with Crippen LogP contribution in [0.4, 0.5) is 0 Å². The maximum absolute atomic E-state index is 12.4. The standard InChI is InChI=1S/C17H29N3O4/c1-10(2)20-7-5-6-14(20)17(24)19-11(3)15(22)8-13(12(4)21)9-16(18)23/h10-11,13-14H,5-9H2,1-4H3,(H2,18,23)(H,19,24)/t11-,13-,14-/m0/s1. The molecule has 0 bridgehead atoms. The van der Waals surface area contributed by atoms with Crippen LogP contribution >= 0.6 is 0 Å². The Balaban J connectivity index is 2.61. The molecule has 7 heteroatoms. The quantitative estimate of drug-likeness (QED) is 0.632. The van der Waals surface area contributed by atoms with Crippen molar-refractivity contribution in [3.8, 4) is 0 Å². The molecule has 3 atom stereocenters. The van der Waals surface area contributed by atoms with E-state index in [1.165, 1.54) is 6.92 Å². The number of rotatable bonds is 9. The molecule has 24 heavy (non-hydrogen) atoms. The second-order valence-electron chi connectivity index (χ2n) is 6.87. The fourth-order valence-corrected chi connectivity index (χ4v) is 3.10. The molecule has 0 radical (unpaired) electrons. The number of amides is 2. The van der Waals surface area contributed by atoms with Gasteiger partial charge in [0, 0.05) is 24.8 Å². The summed E-state index contributed by atoms with van der Waals surface area (Å²) >= 11 is 0. The van der Waals surface area contributed by atoms with E-state index >= 15 is 0 Å². The second-order valence-corrected chi connectivity index (χ2v) is 6.87. The van der Waals surface area contributed by atoms with Crippen molar-refractivity contribution in [2.75, 3.05) is 6.54 Å². The van der Waals surface area contributed by atoms with Crippen molar-refractivity contribution < 1.29 is 19.2 Å². The molecule has 3 N–H and O–H groups in total. The van der Waals surface area contributed by atoms with Gasteiger partial charge in [0.1, 0.15) is 5.78 Å². The van der Waals surface area contributed by atoms with Crippen LogP contribution in [-0.4, -0.2) is 53.0 Å². The fraction of sp³-hybridized carbons (Fsp3) is 0.765. The van der Waals surface area contributed by atoms with E-state index in [0.717, 1.165) is 19.4 Å². The first kappa shape index (κ1) is 20.3. The van der Waals surface area contributed by atoms with Crippen LogP contribution in [-0.2, 0) is 19.2 Å². The Morgan fingerprint density at radius 1 is 1.17 bits per heavy atom. The molecule has 0 saturated carbocycles. The molecule has 1 aliphatic rings. The van der Waals surface area contributed by atoms with Gasteiger partial charge in [-0.15, -0.1) is 0 Å². The topological polar surface area (TPSA) is 110 Å². The minimum atomic E-state index is -0.715. The van der Waals surface area contributed by atoms with Crippen LogP contribution in [0.1, 0.15) is 53.4 Å². The molecule has 2 amide bonds. The molecule has 1 heterocycles. The number of carbonyl (C=O) groups is 4. The highest BCUT2D eigenvalue weighted by Crippen LogP contribution is 2.20. The third-order valence-electron chi connectivity index (χ3n) is 4.57. The van der Waals surface area contributed by atoms with E-state index in [1.807, 2.05) is 13.8 Å². The Morgan fingerprint density at radius 2 is 1.79 bits per heavy atom. The van der Waals surface area contributed by atoms with Gasteiger partial charge in [-0.2, -0.15) is 0 Å². The summed E-state index contributed by atoms with van der Waals surface area (Å²) in [5.74, 6) is -2.00. The van der Waals surface area contributed by atoms with Crippen LogP contribution in [0.15, 0.2) is 0 Å². The van der Waals surface area contributed by atoms with Gasteiger partial charge in [-0.1, -0.05) is 0 Å². The van der Waals surface area contributed by atoms with E-state index < -0.39 is 17.9 Å². The number of ketones is 2. The summed E-state index contributed by atoms with van der Waals surface area (Å²) in [4.78, 5) is 49.4. The normalized spacial score (nSPS) is 20.6. The predicted octanol–water partition coefficient (Wildman–Crippen LogP) is 0.404. The Bertz CT molecular complexity index is 504. The van der Waals surface area contributed by atoms with Crippen LogP contribution in [0, 0.1) is 5.92 Å². The molecule has 1 rings (SSSR count). The van der Waals surface area contributed by atoms with E-state index in [-0.39, 0.29) is 42.4 Å². The lowest BCUT2D eigenvalue weighted by Crippen LogP contribution is -2.50. The molecule has 7 nitrogen and oxygen atoms in total. The zero-order valence-corrected chi connectivity index (χ0v) is 15.0. The SMILES string of the molecule is CC(=O)[C@H](CC(N)=O)CC(=O)[C@H](C)NC(=O)[C@@H]1CCCN1C(C)C. The molecule has 0 aliphatic carbocycles. The average Bonchev–Trinajstić information content (AvgIpc) is 2.95. The molecular formula is C17H29N3O4.